The highest BCUT2D eigenvalue weighted by atomic mass is 79.9. The van der Waals surface area contributed by atoms with Crippen LogP contribution in [0.15, 0.2) is 22.7 Å². The second kappa shape index (κ2) is 8.65. The maximum atomic E-state index is 11.8. The van der Waals surface area contributed by atoms with Gasteiger partial charge in [-0.3, -0.25) is 4.79 Å². The molecule has 0 aliphatic carbocycles. The summed E-state index contributed by atoms with van der Waals surface area (Å²) in [4.78, 5) is 11.8. The van der Waals surface area contributed by atoms with Crippen molar-refractivity contribution in [2.45, 2.75) is 38.6 Å². The Morgan fingerprint density at radius 1 is 1.50 bits per heavy atom. The summed E-state index contributed by atoms with van der Waals surface area (Å²) >= 11 is 3.49. The molecule has 0 radical (unpaired) electrons. The SMILES string of the molecule is Cc1cc(CCC(=O)NCC2CCCN2)ccc1Br.Cl. The van der Waals surface area contributed by atoms with Crippen molar-refractivity contribution in [3.8, 4) is 0 Å². The van der Waals surface area contributed by atoms with Crippen LogP contribution in [0.5, 0.6) is 0 Å². The minimum atomic E-state index is 0. The first-order valence-electron chi connectivity index (χ1n) is 6.90. The number of carbonyl (C=O) groups excluding carboxylic acids is 1. The monoisotopic (exact) mass is 360 g/mol. The fourth-order valence-electron chi connectivity index (χ4n) is 2.38. The van der Waals surface area contributed by atoms with Crippen molar-refractivity contribution >= 4 is 34.2 Å². The molecule has 1 atom stereocenters. The summed E-state index contributed by atoms with van der Waals surface area (Å²) in [5, 5.41) is 6.39. The Hall–Kier alpha value is -0.580. The first kappa shape index (κ1) is 17.5. The molecule has 1 saturated heterocycles. The molecule has 2 N–H and O–H groups in total. The summed E-state index contributed by atoms with van der Waals surface area (Å²) in [6.07, 6.45) is 3.76. The fourth-order valence-corrected chi connectivity index (χ4v) is 2.62. The molecule has 0 saturated carbocycles. The number of nitrogens with one attached hydrogen (secondary N) is 2. The molecule has 0 bridgehead atoms. The minimum Gasteiger partial charge on any atom is -0.355 e. The van der Waals surface area contributed by atoms with Gasteiger partial charge in [0.2, 0.25) is 5.91 Å². The Labute approximate surface area is 135 Å². The van der Waals surface area contributed by atoms with Gasteiger partial charge in [-0.2, -0.15) is 0 Å². The standard InChI is InChI=1S/C15H21BrN2O.ClH/c1-11-9-12(4-6-14(11)16)5-7-15(19)18-10-13-3-2-8-17-13;/h4,6,9,13,17H,2-3,5,7-8,10H2,1H3,(H,18,19);1H. The number of benzene rings is 1. The molecule has 1 unspecified atom stereocenters. The highest BCUT2D eigenvalue weighted by Crippen LogP contribution is 2.17. The molecular formula is C15H22BrClN2O. The van der Waals surface area contributed by atoms with Gasteiger partial charge >= 0.3 is 0 Å². The second-order valence-electron chi connectivity index (χ2n) is 5.18. The van der Waals surface area contributed by atoms with Gasteiger partial charge < -0.3 is 10.6 Å². The van der Waals surface area contributed by atoms with Crippen LogP contribution < -0.4 is 10.6 Å². The molecule has 5 heteroatoms. The predicted octanol–water partition coefficient (Wildman–Crippen LogP) is 2.98. The van der Waals surface area contributed by atoms with Gasteiger partial charge in [-0.05, 0) is 49.9 Å². The zero-order valence-corrected chi connectivity index (χ0v) is 14.1. The van der Waals surface area contributed by atoms with E-state index in [-0.39, 0.29) is 18.3 Å². The van der Waals surface area contributed by atoms with Crippen molar-refractivity contribution in [1.29, 1.82) is 0 Å². The summed E-state index contributed by atoms with van der Waals surface area (Å²) in [5.74, 6) is 0.147. The maximum Gasteiger partial charge on any atom is 0.220 e. The van der Waals surface area contributed by atoms with Crippen molar-refractivity contribution in [1.82, 2.24) is 10.6 Å². The molecule has 0 spiro atoms. The van der Waals surface area contributed by atoms with Crippen molar-refractivity contribution in [3.63, 3.8) is 0 Å². The molecule has 0 aromatic heterocycles. The first-order chi connectivity index (χ1) is 9.15. The van der Waals surface area contributed by atoms with E-state index in [1.54, 1.807) is 0 Å². The number of halogens is 2. The Morgan fingerprint density at radius 3 is 2.95 bits per heavy atom. The van der Waals surface area contributed by atoms with Gasteiger partial charge in [-0.25, -0.2) is 0 Å². The van der Waals surface area contributed by atoms with Crippen LogP contribution in [0.2, 0.25) is 0 Å². The van der Waals surface area contributed by atoms with E-state index in [4.69, 9.17) is 0 Å². The summed E-state index contributed by atoms with van der Waals surface area (Å²) < 4.78 is 1.12. The van der Waals surface area contributed by atoms with Crippen molar-refractivity contribution in [2.75, 3.05) is 13.1 Å². The van der Waals surface area contributed by atoms with Crippen molar-refractivity contribution in [3.05, 3.63) is 33.8 Å². The van der Waals surface area contributed by atoms with Gasteiger partial charge in [-0.1, -0.05) is 28.1 Å². The lowest BCUT2D eigenvalue weighted by molar-refractivity contribution is -0.121. The number of carbonyl (C=O) groups is 1. The third-order valence-corrected chi connectivity index (χ3v) is 4.46. The topological polar surface area (TPSA) is 41.1 Å². The number of hydrogen-bond acceptors (Lipinski definition) is 2. The quantitative estimate of drug-likeness (QED) is 0.846. The van der Waals surface area contributed by atoms with E-state index in [1.165, 1.54) is 24.0 Å². The Bertz CT molecular complexity index is 447. The van der Waals surface area contributed by atoms with E-state index in [0.29, 0.717) is 12.5 Å². The van der Waals surface area contributed by atoms with Gasteiger partial charge in [-0.15, -0.1) is 12.4 Å². The number of aryl methyl sites for hydroxylation is 2. The number of amides is 1. The summed E-state index contributed by atoms with van der Waals surface area (Å²) in [7, 11) is 0. The molecule has 1 aliphatic heterocycles. The molecule has 1 heterocycles. The van der Waals surface area contributed by atoms with E-state index in [2.05, 4.69) is 45.6 Å². The van der Waals surface area contributed by atoms with Gasteiger partial charge in [0, 0.05) is 23.5 Å². The molecule has 20 heavy (non-hydrogen) atoms. The van der Waals surface area contributed by atoms with Crippen LogP contribution in [0.1, 0.15) is 30.4 Å². The third kappa shape index (κ3) is 5.43. The van der Waals surface area contributed by atoms with Gasteiger partial charge in [0.05, 0.1) is 0 Å². The van der Waals surface area contributed by atoms with Gasteiger partial charge in [0.15, 0.2) is 0 Å². The van der Waals surface area contributed by atoms with E-state index in [9.17, 15) is 4.79 Å². The minimum absolute atomic E-state index is 0. The second-order valence-corrected chi connectivity index (χ2v) is 6.04. The van der Waals surface area contributed by atoms with Crippen LogP contribution in [0, 0.1) is 6.92 Å². The lowest BCUT2D eigenvalue weighted by atomic mass is 10.1. The van der Waals surface area contributed by atoms with E-state index in [1.807, 2.05) is 6.07 Å². The normalized spacial score (nSPS) is 17.6. The molecule has 112 valence electrons. The Balaban J connectivity index is 0.00000200. The van der Waals surface area contributed by atoms with Gasteiger partial charge in [0.1, 0.15) is 0 Å². The van der Waals surface area contributed by atoms with Crippen LogP contribution in [0.4, 0.5) is 0 Å². The third-order valence-electron chi connectivity index (χ3n) is 3.57. The molecule has 1 amide bonds. The summed E-state index contributed by atoms with van der Waals surface area (Å²) in [5.41, 5.74) is 2.43. The van der Waals surface area contributed by atoms with Gasteiger partial charge in [0.25, 0.3) is 0 Å². The highest BCUT2D eigenvalue weighted by molar-refractivity contribution is 9.10. The van der Waals surface area contributed by atoms with Crippen LogP contribution in [0.3, 0.4) is 0 Å². The summed E-state index contributed by atoms with van der Waals surface area (Å²) in [6, 6.07) is 6.72. The van der Waals surface area contributed by atoms with E-state index in [0.717, 1.165) is 24.0 Å². The molecule has 2 rings (SSSR count). The zero-order chi connectivity index (χ0) is 13.7. The molecule has 1 fully saturated rings. The molecule has 3 nitrogen and oxygen atoms in total. The average molecular weight is 362 g/mol. The molecule has 1 aliphatic rings. The molecular weight excluding hydrogens is 340 g/mol. The summed E-state index contributed by atoms with van der Waals surface area (Å²) in [6.45, 7) is 3.91. The smallest absolute Gasteiger partial charge is 0.220 e. The van der Waals surface area contributed by atoms with Crippen molar-refractivity contribution < 1.29 is 4.79 Å². The van der Waals surface area contributed by atoms with E-state index >= 15 is 0 Å². The van der Waals surface area contributed by atoms with Crippen LogP contribution >= 0.6 is 28.3 Å². The Kier molecular flexibility index (Phi) is 7.56. The Morgan fingerprint density at radius 2 is 2.30 bits per heavy atom. The fraction of sp³-hybridized carbons (Fsp3) is 0.533. The largest absolute Gasteiger partial charge is 0.355 e. The lowest BCUT2D eigenvalue weighted by Gasteiger charge is -2.11. The first-order valence-corrected chi connectivity index (χ1v) is 7.69. The van der Waals surface area contributed by atoms with Crippen molar-refractivity contribution in [2.24, 2.45) is 0 Å². The van der Waals surface area contributed by atoms with Crippen LogP contribution in [0.25, 0.3) is 0 Å². The number of hydrogen-bond donors (Lipinski definition) is 2. The highest BCUT2D eigenvalue weighted by Gasteiger charge is 2.14. The predicted molar refractivity (Wildman–Crippen MR) is 88.5 cm³/mol. The van der Waals surface area contributed by atoms with E-state index < -0.39 is 0 Å². The van der Waals surface area contributed by atoms with Crippen LogP contribution in [-0.4, -0.2) is 25.0 Å². The zero-order valence-electron chi connectivity index (χ0n) is 11.7. The number of rotatable bonds is 5. The molecule has 1 aromatic carbocycles. The average Bonchev–Trinajstić information content (AvgIpc) is 2.91. The van der Waals surface area contributed by atoms with Crippen LogP contribution in [-0.2, 0) is 11.2 Å². The molecule has 1 aromatic rings. The lowest BCUT2D eigenvalue weighted by Crippen LogP contribution is -2.37. The maximum absolute atomic E-state index is 11.8.